The number of hydrogen-bond donors (Lipinski definition) is 1. The summed E-state index contributed by atoms with van der Waals surface area (Å²) in [5.41, 5.74) is 0.717. The number of piperidine rings is 1. The second-order valence-corrected chi connectivity index (χ2v) is 7.14. The number of likely N-dealkylation sites (tertiary alicyclic amines) is 1. The normalized spacial score (nSPS) is 18.4. The Hall–Kier alpha value is -1.62. The molecule has 0 aliphatic carbocycles. The molecule has 0 saturated carbocycles. The lowest BCUT2D eigenvalue weighted by Gasteiger charge is -2.37. The molecule has 0 radical (unpaired) electrons. The van der Waals surface area contributed by atoms with Crippen LogP contribution < -0.4 is 5.32 Å². The Labute approximate surface area is 139 Å². The number of alkyl carbamates (subject to hydrolysis) is 1. The molecule has 5 heteroatoms. The first kappa shape index (κ1) is 17.7. The zero-order valence-corrected chi connectivity index (χ0v) is 14.7. The first-order valence-corrected chi connectivity index (χ1v) is 8.53. The zero-order valence-electron chi connectivity index (χ0n) is 14.7. The summed E-state index contributed by atoms with van der Waals surface area (Å²) < 4.78 is 5.36. The van der Waals surface area contributed by atoms with E-state index in [0.29, 0.717) is 5.92 Å². The van der Waals surface area contributed by atoms with Crippen molar-refractivity contribution in [3.8, 4) is 0 Å². The quantitative estimate of drug-likeness (QED) is 0.922. The third-order valence-corrected chi connectivity index (χ3v) is 4.15. The predicted octanol–water partition coefficient (Wildman–Crippen LogP) is 3.52. The van der Waals surface area contributed by atoms with Gasteiger partial charge < -0.3 is 10.1 Å². The fourth-order valence-corrected chi connectivity index (χ4v) is 3.02. The highest BCUT2D eigenvalue weighted by molar-refractivity contribution is 5.68. The summed E-state index contributed by atoms with van der Waals surface area (Å²) in [5.74, 6) is 0.520. The van der Waals surface area contributed by atoms with Crippen LogP contribution in [0.3, 0.4) is 0 Å². The van der Waals surface area contributed by atoms with Gasteiger partial charge in [-0.2, -0.15) is 0 Å². The molecule has 0 spiro atoms. The van der Waals surface area contributed by atoms with E-state index in [-0.39, 0.29) is 12.3 Å². The maximum absolute atomic E-state index is 12.0. The van der Waals surface area contributed by atoms with Crippen molar-refractivity contribution in [2.24, 2.45) is 0 Å². The largest absolute Gasteiger partial charge is 0.444 e. The Morgan fingerprint density at radius 3 is 2.61 bits per heavy atom. The number of carbonyl (C=O) groups excluding carboxylic acids is 1. The van der Waals surface area contributed by atoms with Gasteiger partial charge >= 0.3 is 6.09 Å². The number of pyridine rings is 1. The van der Waals surface area contributed by atoms with Crippen molar-refractivity contribution in [3.05, 3.63) is 30.1 Å². The highest BCUT2D eigenvalue weighted by Crippen LogP contribution is 2.27. The fraction of sp³-hybridized carbons (Fsp3) is 0.667. The lowest BCUT2D eigenvalue weighted by atomic mass is 9.92. The van der Waals surface area contributed by atoms with Crippen molar-refractivity contribution < 1.29 is 9.53 Å². The Morgan fingerprint density at radius 1 is 1.39 bits per heavy atom. The van der Waals surface area contributed by atoms with Crippen molar-refractivity contribution in [2.75, 3.05) is 13.1 Å². The average molecular weight is 319 g/mol. The third-order valence-electron chi connectivity index (χ3n) is 4.15. The molecule has 0 unspecified atom stereocenters. The molecular weight excluding hydrogens is 290 g/mol. The molecule has 0 bridgehead atoms. The molecule has 1 aliphatic heterocycles. The molecule has 2 rings (SSSR count). The second-order valence-electron chi connectivity index (χ2n) is 7.14. The highest BCUT2D eigenvalue weighted by Gasteiger charge is 2.27. The summed E-state index contributed by atoms with van der Waals surface area (Å²) in [6.45, 7) is 9.67. The van der Waals surface area contributed by atoms with Gasteiger partial charge in [-0.15, -0.1) is 0 Å². The smallest absolute Gasteiger partial charge is 0.408 e. The molecule has 1 N–H and O–H groups in total. The first-order valence-electron chi connectivity index (χ1n) is 8.53. The summed E-state index contributed by atoms with van der Waals surface area (Å²) in [7, 11) is 0. The molecule has 1 fully saturated rings. The molecule has 1 aliphatic rings. The molecule has 128 valence electrons. The number of nitrogens with one attached hydrogen (secondary N) is 1. The Bertz CT molecular complexity index is 491. The fourth-order valence-electron chi connectivity index (χ4n) is 3.02. The maximum Gasteiger partial charge on any atom is 0.408 e. The van der Waals surface area contributed by atoms with E-state index < -0.39 is 5.60 Å². The number of ether oxygens (including phenoxy) is 1. The Balaban J connectivity index is 1.86. The van der Waals surface area contributed by atoms with Gasteiger partial charge in [0.1, 0.15) is 5.60 Å². The van der Waals surface area contributed by atoms with Crippen LogP contribution in [0.5, 0.6) is 0 Å². The summed E-state index contributed by atoms with van der Waals surface area (Å²) in [5, 5.41) is 3.00. The molecule has 1 amide bonds. The van der Waals surface area contributed by atoms with Crippen LogP contribution in [-0.2, 0) is 4.74 Å². The van der Waals surface area contributed by atoms with E-state index >= 15 is 0 Å². The van der Waals surface area contributed by atoms with Gasteiger partial charge in [0.25, 0.3) is 0 Å². The van der Waals surface area contributed by atoms with E-state index in [1.54, 1.807) is 0 Å². The van der Waals surface area contributed by atoms with Crippen LogP contribution >= 0.6 is 0 Å². The summed E-state index contributed by atoms with van der Waals surface area (Å²) in [4.78, 5) is 18.8. The predicted molar refractivity (Wildman–Crippen MR) is 91.2 cm³/mol. The van der Waals surface area contributed by atoms with Crippen molar-refractivity contribution in [1.82, 2.24) is 15.2 Å². The third kappa shape index (κ3) is 5.50. The van der Waals surface area contributed by atoms with Gasteiger partial charge in [0.15, 0.2) is 0 Å². The molecule has 1 atom stereocenters. The molecular formula is C18H29N3O2. The number of hydrogen-bond acceptors (Lipinski definition) is 4. The van der Waals surface area contributed by atoms with E-state index in [1.165, 1.54) is 5.69 Å². The van der Waals surface area contributed by atoms with Gasteiger partial charge in [-0.05, 0) is 52.2 Å². The lowest BCUT2D eigenvalue weighted by molar-refractivity contribution is 0.0382. The minimum Gasteiger partial charge on any atom is -0.444 e. The molecule has 0 aromatic carbocycles. The molecule has 2 heterocycles. The summed E-state index contributed by atoms with van der Waals surface area (Å²) in [6.07, 6.45) is 4.58. The van der Waals surface area contributed by atoms with Gasteiger partial charge in [-0.1, -0.05) is 13.0 Å². The number of nitrogens with zero attached hydrogens (tertiary/aromatic N) is 2. The minimum absolute atomic E-state index is 0.0366. The Morgan fingerprint density at radius 2 is 2.09 bits per heavy atom. The average Bonchev–Trinajstić information content (AvgIpc) is 2.52. The number of carbonyl (C=O) groups is 1. The van der Waals surface area contributed by atoms with E-state index in [4.69, 9.17) is 4.74 Å². The molecule has 5 nitrogen and oxygen atoms in total. The van der Waals surface area contributed by atoms with Gasteiger partial charge in [-0.25, -0.2) is 4.79 Å². The number of amides is 1. The van der Waals surface area contributed by atoms with E-state index in [1.807, 2.05) is 39.1 Å². The number of aromatic nitrogens is 1. The van der Waals surface area contributed by atoms with Crippen LogP contribution in [0.25, 0.3) is 0 Å². The van der Waals surface area contributed by atoms with Crippen LogP contribution in [0.15, 0.2) is 24.4 Å². The summed E-state index contributed by atoms with van der Waals surface area (Å²) in [6, 6.07) is 6.11. The van der Waals surface area contributed by atoms with E-state index in [2.05, 4.69) is 28.2 Å². The molecule has 1 aromatic heterocycles. The second kappa shape index (κ2) is 7.77. The van der Waals surface area contributed by atoms with Gasteiger partial charge in [0, 0.05) is 30.9 Å². The van der Waals surface area contributed by atoms with Crippen molar-refractivity contribution in [2.45, 2.75) is 64.6 Å². The molecule has 1 saturated heterocycles. The van der Waals surface area contributed by atoms with Crippen molar-refractivity contribution >= 4 is 6.09 Å². The van der Waals surface area contributed by atoms with Crippen LogP contribution in [-0.4, -0.2) is 40.8 Å². The standard InChI is InChI=1S/C18H29N3O2/c1-5-16(20-17(22)23-18(2,3)4)21-12-9-14(10-13-21)15-8-6-7-11-19-15/h6-8,11,14,16H,5,9-10,12-13H2,1-4H3,(H,20,22)/t16-/m0/s1. The zero-order chi connectivity index (χ0) is 16.9. The van der Waals surface area contributed by atoms with Crippen molar-refractivity contribution in [1.29, 1.82) is 0 Å². The lowest BCUT2D eigenvalue weighted by Crippen LogP contribution is -2.51. The van der Waals surface area contributed by atoms with Crippen LogP contribution in [0.4, 0.5) is 4.79 Å². The SMILES string of the molecule is CC[C@@H](NC(=O)OC(C)(C)C)N1CCC(c2ccccn2)CC1. The highest BCUT2D eigenvalue weighted by atomic mass is 16.6. The van der Waals surface area contributed by atoms with Crippen LogP contribution in [0.2, 0.25) is 0 Å². The van der Waals surface area contributed by atoms with Crippen LogP contribution in [0.1, 0.15) is 58.6 Å². The minimum atomic E-state index is -0.464. The van der Waals surface area contributed by atoms with Crippen molar-refractivity contribution in [3.63, 3.8) is 0 Å². The van der Waals surface area contributed by atoms with E-state index in [9.17, 15) is 4.79 Å². The topological polar surface area (TPSA) is 54.5 Å². The molecule has 1 aromatic rings. The molecule has 23 heavy (non-hydrogen) atoms. The van der Waals surface area contributed by atoms with Crippen LogP contribution in [0, 0.1) is 0 Å². The monoisotopic (exact) mass is 319 g/mol. The van der Waals surface area contributed by atoms with Gasteiger partial charge in [0.05, 0.1) is 6.17 Å². The number of rotatable bonds is 4. The maximum atomic E-state index is 12.0. The van der Waals surface area contributed by atoms with Gasteiger partial charge in [-0.3, -0.25) is 9.88 Å². The summed E-state index contributed by atoms with van der Waals surface area (Å²) >= 11 is 0. The first-order chi connectivity index (χ1) is 10.9. The van der Waals surface area contributed by atoms with Gasteiger partial charge in [0.2, 0.25) is 0 Å². The van der Waals surface area contributed by atoms with E-state index in [0.717, 1.165) is 32.4 Å². The Kier molecular flexibility index (Phi) is 5.99.